The van der Waals surface area contributed by atoms with Gasteiger partial charge in [0.25, 0.3) is 0 Å². The molecule has 0 amide bonds. The normalized spacial score (nSPS) is 11.9. The lowest BCUT2D eigenvalue weighted by Gasteiger charge is -2.03. The third-order valence-corrected chi connectivity index (χ3v) is 4.02. The summed E-state index contributed by atoms with van der Waals surface area (Å²) in [6.07, 6.45) is 7.52. The minimum atomic E-state index is -3.39. The molecule has 0 fully saturated rings. The van der Waals surface area contributed by atoms with Gasteiger partial charge in [0.15, 0.2) is 15.5 Å². The van der Waals surface area contributed by atoms with Gasteiger partial charge in [-0.2, -0.15) is 0 Å². The highest BCUT2D eigenvalue weighted by molar-refractivity contribution is 7.90. The van der Waals surface area contributed by atoms with E-state index < -0.39 is 15.7 Å². The average Bonchev–Trinajstić information content (AvgIpc) is 2.81. The van der Waals surface area contributed by atoms with Gasteiger partial charge in [-0.05, 0) is 18.2 Å². The van der Waals surface area contributed by atoms with Gasteiger partial charge in [0.05, 0.1) is 16.8 Å². The van der Waals surface area contributed by atoms with E-state index in [-0.39, 0.29) is 10.5 Å². The number of fused-ring (bicyclic) bond motifs is 1. The zero-order valence-corrected chi connectivity index (χ0v) is 11.3. The van der Waals surface area contributed by atoms with Crippen molar-refractivity contribution >= 4 is 15.5 Å². The van der Waals surface area contributed by atoms with Gasteiger partial charge in [-0.1, -0.05) is 0 Å². The summed E-state index contributed by atoms with van der Waals surface area (Å²) in [5.41, 5.74) is 1.07. The van der Waals surface area contributed by atoms with Crippen molar-refractivity contribution in [3.63, 3.8) is 0 Å². The van der Waals surface area contributed by atoms with Crippen LogP contribution >= 0.6 is 0 Å². The van der Waals surface area contributed by atoms with Gasteiger partial charge in [-0.25, -0.2) is 17.8 Å². The van der Waals surface area contributed by atoms with Gasteiger partial charge < -0.3 is 4.40 Å². The van der Waals surface area contributed by atoms with Crippen LogP contribution in [-0.4, -0.2) is 29.0 Å². The Balaban J connectivity index is 2.23. The maximum Gasteiger partial charge on any atom is 0.175 e. The Bertz CT molecular complexity index is 870. The zero-order chi connectivity index (χ0) is 14.3. The third-order valence-electron chi connectivity index (χ3n) is 2.91. The second-order valence-electron chi connectivity index (χ2n) is 4.38. The average molecular weight is 291 g/mol. The number of hydrogen-bond acceptors (Lipinski definition) is 4. The predicted molar refractivity (Wildman–Crippen MR) is 71.5 cm³/mol. The van der Waals surface area contributed by atoms with E-state index in [0.717, 1.165) is 12.3 Å². The molecule has 0 atom stereocenters. The van der Waals surface area contributed by atoms with Crippen molar-refractivity contribution < 1.29 is 12.8 Å². The summed E-state index contributed by atoms with van der Waals surface area (Å²) in [4.78, 5) is 8.22. The minimum absolute atomic E-state index is 0.0593. The Labute approximate surface area is 114 Å². The van der Waals surface area contributed by atoms with E-state index in [0.29, 0.717) is 11.3 Å². The highest BCUT2D eigenvalue weighted by atomic mass is 32.2. The molecule has 102 valence electrons. The van der Waals surface area contributed by atoms with Crippen LogP contribution in [0.2, 0.25) is 0 Å². The Kier molecular flexibility index (Phi) is 2.79. The summed E-state index contributed by atoms with van der Waals surface area (Å²) in [5.74, 6) is -0.520. The fourth-order valence-electron chi connectivity index (χ4n) is 1.90. The Hall–Kier alpha value is -2.28. The molecule has 0 spiro atoms. The van der Waals surface area contributed by atoms with Gasteiger partial charge in [0.1, 0.15) is 5.82 Å². The van der Waals surface area contributed by atoms with Crippen LogP contribution in [0.3, 0.4) is 0 Å². The number of halogens is 1. The lowest BCUT2D eigenvalue weighted by atomic mass is 10.1. The van der Waals surface area contributed by atoms with E-state index in [9.17, 15) is 12.8 Å². The zero-order valence-electron chi connectivity index (χ0n) is 10.5. The fraction of sp³-hybridized carbons (Fsp3) is 0.0769. The van der Waals surface area contributed by atoms with E-state index in [1.807, 2.05) is 0 Å². The molecule has 0 N–H and O–H groups in total. The van der Waals surface area contributed by atoms with Crippen LogP contribution in [0.15, 0.2) is 47.9 Å². The maximum atomic E-state index is 13.9. The summed E-state index contributed by atoms with van der Waals surface area (Å²) >= 11 is 0. The molecule has 3 rings (SSSR count). The molecule has 3 aromatic rings. The van der Waals surface area contributed by atoms with Crippen molar-refractivity contribution in [1.82, 2.24) is 14.4 Å². The Morgan fingerprint density at radius 1 is 1.30 bits per heavy atom. The Morgan fingerprint density at radius 3 is 2.80 bits per heavy atom. The Morgan fingerprint density at radius 2 is 2.10 bits per heavy atom. The van der Waals surface area contributed by atoms with Crippen molar-refractivity contribution in [2.75, 3.05) is 6.26 Å². The lowest BCUT2D eigenvalue weighted by molar-refractivity contribution is 0.600. The topological polar surface area (TPSA) is 64.3 Å². The smallest absolute Gasteiger partial charge is 0.175 e. The van der Waals surface area contributed by atoms with Crippen molar-refractivity contribution in [3.05, 3.63) is 48.8 Å². The second kappa shape index (κ2) is 4.38. The van der Waals surface area contributed by atoms with Crippen LogP contribution in [0.1, 0.15) is 0 Å². The molecule has 0 aliphatic rings. The monoisotopic (exact) mass is 291 g/mol. The molecule has 2 aromatic heterocycles. The first-order valence-corrected chi connectivity index (χ1v) is 7.63. The maximum absolute atomic E-state index is 13.9. The number of nitrogens with zero attached hydrogens (tertiary/aromatic N) is 3. The van der Waals surface area contributed by atoms with E-state index >= 15 is 0 Å². The molecule has 5 nitrogen and oxygen atoms in total. The summed E-state index contributed by atoms with van der Waals surface area (Å²) in [6, 6.07) is 3.67. The van der Waals surface area contributed by atoms with Crippen molar-refractivity contribution in [3.8, 4) is 11.3 Å². The number of hydrogen-bond donors (Lipinski definition) is 0. The first kappa shape index (κ1) is 12.7. The molecule has 0 saturated carbocycles. The molecule has 0 aliphatic heterocycles. The molecule has 0 aliphatic carbocycles. The molecular formula is C13H10FN3O2S. The SMILES string of the molecule is CS(=O)(=O)c1ccc(F)c(-c2cn3ccncc3n2)c1. The molecule has 0 bridgehead atoms. The number of aromatic nitrogens is 3. The van der Waals surface area contributed by atoms with Crippen LogP contribution in [0.25, 0.3) is 16.9 Å². The lowest BCUT2D eigenvalue weighted by Crippen LogP contribution is -1.98. The largest absolute Gasteiger partial charge is 0.304 e. The first-order valence-electron chi connectivity index (χ1n) is 5.74. The van der Waals surface area contributed by atoms with E-state index in [1.54, 1.807) is 29.2 Å². The summed E-state index contributed by atoms with van der Waals surface area (Å²) < 4.78 is 38.7. The number of imidazole rings is 1. The third kappa shape index (κ3) is 2.16. The van der Waals surface area contributed by atoms with Gasteiger partial charge >= 0.3 is 0 Å². The molecule has 1 aromatic carbocycles. The first-order chi connectivity index (χ1) is 9.45. The summed E-state index contributed by atoms with van der Waals surface area (Å²) in [5, 5.41) is 0. The van der Waals surface area contributed by atoms with Crippen LogP contribution < -0.4 is 0 Å². The second-order valence-corrected chi connectivity index (χ2v) is 6.40. The van der Waals surface area contributed by atoms with E-state index in [4.69, 9.17) is 0 Å². The number of rotatable bonds is 2. The van der Waals surface area contributed by atoms with E-state index in [2.05, 4.69) is 9.97 Å². The van der Waals surface area contributed by atoms with Crippen molar-refractivity contribution in [2.45, 2.75) is 4.90 Å². The fourth-order valence-corrected chi connectivity index (χ4v) is 2.55. The highest BCUT2D eigenvalue weighted by Crippen LogP contribution is 2.25. The highest BCUT2D eigenvalue weighted by Gasteiger charge is 2.14. The molecule has 0 radical (unpaired) electrons. The minimum Gasteiger partial charge on any atom is -0.304 e. The number of sulfone groups is 1. The van der Waals surface area contributed by atoms with Gasteiger partial charge in [-0.3, -0.25) is 4.98 Å². The van der Waals surface area contributed by atoms with Gasteiger partial charge in [-0.15, -0.1) is 0 Å². The van der Waals surface area contributed by atoms with Gasteiger partial charge in [0.2, 0.25) is 0 Å². The molecular weight excluding hydrogens is 281 g/mol. The van der Waals surface area contributed by atoms with Crippen molar-refractivity contribution in [1.29, 1.82) is 0 Å². The van der Waals surface area contributed by atoms with Crippen LogP contribution in [0.4, 0.5) is 4.39 Å². The van der Waals surface area contributed by atoms with Gasteiger partial charge in [0, 0.05) is 30.4 Å². The molecule has 7 heteroatoms. The molecule has 20 heavy (non-hydrogen) atoms. The van der Waals surface area contributed by atoms with E-state index in [1.165, 1.54) is 12.1 Å². The number of benzene rings is 1. The molecule has 0 unspecified atom stereocenters. The van der Waals surface area contributed by atoms with Crippen LogP contribution in [0, 0.1) is 5.82 Å². The quantitative estimate of drug-likeness (QED) is 0.677. The van der Waals surface area contributed by atoms with Crippen LogP contribution in [-0.2, 0) is 9.84 Å². The molecule has 2 heterocycles. The summed E-state index contributed by atoms with van der Waals surface area (Å²) in [7, 11) is -3.39. The predicted octanol–water partition coefficient (Wildman–Crippen LogP) is 1.94. The van der Waals surface area contributed by atoms with Crippen LogP contribution in [0.5, 0.6) is 0 Å². The molecule has 0 saturated heterocycles. The summed E-state index contributed by atoms with van der Waals surface area (Å²) in [6.45, 7) is 0. The standard InChI is InChI=1S/C13H10FN3O2S/c1-20(18,19)9-2-3-11(14)10(6-9)12-8-17-5-4-15-7-13(17)16-12/h2-8H,1H3. The van der Waals surface area contributed by atoms with Crippen molar-refractivity contribution in [2.24, 2.45) is 0 Å².